The van der Waals surface area contributed by atoms with E-state index in [-0.39, 0.29) is 29.3 Å². The van der Waals surface area contributed by atoms with Crippen LogP contribution in [0.25, 0.3) is 10.2 Å². The molecule has 2 aromatic heterocycles. The van der Waals surface area contributed by atoms with Crippen molar-refractivity contribution in [2.24, 2.45) is 0 Å². The molecule has 5 nitrogen and oxygen atoms in total. The van der Waals surface area contributed by atoms with Crippen molar-refractivity contribution in [3.63, 3.8) is 0 Å². The molecule has 0 aliphatic carbocycles. The molecule has 0 atom stereocenters. The predicted molar refractivity (Wildman–Crippen MR) is 111 cm³/mol. The van der Waals surface area contributed by atoms with Crippen LogP contribution in [0.1, 0.15) is 38.1 Å². The number of hydrogen-bond donors (Lipinski definition) is 0. The molecule has 26 heavy (non-hydrogen) atoms. The largest absolute Gasteiger partial charge is 0.337 e. The molecule has 0 aromatic carbocycles. The standard InChI is InChI=1S/C19H27N3O2S2/c1-8-9-21-18(24)16-13(6)14(7)26-17(16)20-19(21)25-10-15(23)22(11(2)3)12(4)5/h8,11-12H,1,9-10H2,2-7H3. The zero-order chi connectivity index (χ0) is 19.6. The zero-order valence-electron chi connectivity index (χ0n) is 16.3. The van der Waals surface area contributed by atoms with Gasteiger partial charge in [-0.2, -0.15) is 0 Å². The lowest BCUT2D eigenvalue weighted by molar-refractivity contribution is -0.131. The molecule has 2 rings (SSSR count). The third-order valence-corrected chi connectivity index (χ3v) is 6.35. The van der Waals surface area contributed by atoms with Crippen LogP contribution in [0.3, 0.4) is 0 Å². The molecule has 0 aliphatic rings. The van der Waals surface area contributed by atoms with E-state index in [4.69, 9.17) is 0 Å². The van der Waals surface area contributed by atoms with E-state index in [1.165, 1.54) is 23.1 Å². The van der Waals surface area contributed by atoms with Gasteiger partial charge in [0.2, 0.25) is 5.91 Å². The van der Waals surface area contributed by atoms with E-state index >= 15 is 0 Å². The number of allylic oxidation sites excluding steroid dienone is 1. The Bertz CT molecular complexity index is 873. The molecule has 2 heterocycles. The second kappa shape index (κ2) is 8.39. The third kappa shape index (κ3) is 4.04. The Hall–Kier alpha value is -1.60. The summed E-state index contributed by atoms with van der Waals surface area (Å²) in [6.07, 6.45) is 1.68. The summed E-state index contributed by atoms with van der Waals surface area (Å²) < 4.78 is 1.61. The predicted octanol–water partition coefficient (Wildman–Crippen LogP) is 4.00. The van der Waals surface area contributed by atoms with Crippen LogP contribution in [0.15, 0.2) is 22.6 Å². The first kappa shape index (κ1) is 20.7. The summed E-state index contributed by atoms with van der Waals surface area (Å²) in [7, 11) is 0. The highest BCUT2D eigenvalue weighted by molar-refractivity contribution is 7.99. The molecular weight excluding hydrogens is 366 g/mol. The minimum Gasteiger partial charge on any atom is -0.337 e. The van der Waals surface area contributed by atoms with Crippen LogP contribution in [-0.4, -0.2) is 38.2 Å². The fourth-order valence-corrected chi connectivity index (χ4v) is 5.03. The number of aryl methyl sites for hydroxylation is 2. The second-order valence-electron chi connectivity index (χ2n) is 6.84. The summed E-state index contributed by atoms with van der Waals surface area (Å²) in [4.78, 5) is 34.0. The van der Waals surface area contributed by atoms with Crippen LogP contribution in [0, 0.1) is 13.8 Å². The lowest BCUT2D eigenvalue weighted by Crippen LogP contribution is -2.43. The average molecular weight is 394 g/mol. The number of carbonyl (C=O) groups is 1. The van der Waals surface area contributed by atoms with Crippen LogP contribution in [-0.2, 0) is 11.3 Å². The maximum Gasteiger partial charge on any atom is 0.263 e. The minimum atomic E-state index is -0.0590. The van der Waals surface area contributed by atoms with Gasteiger partial charge in [0.05, 0.1) is 11.1 Å². The molecular formula is C19H27N3O2S2. The number of hydrogen-bond acceptors (Lipinski definition) is 5. The van der Waals surface area contributed by atoms with Crippen molar-refractivity contribution in [1.29, 1.82) is 0 Å². The maximum absolute atomic E-state index is 12.9. The summed E-state index contributed by atoms with van der Waals surface area (Å²) >= 11 is 2.85. The van der Waals surface area contributed by atoms with E-state index < -0.39 is 0 Å². The van der Waals surface area contributed by atoms with Gasteiger partial charge >= 0.3 is 0 Å². The zero-order valence-corrected chi connectivity index (χ0v) is 18.0. The number of thioether (sulfide) groups is 1. The summed E-state index contributed by atoms with van der Waals surface area (Å²) in [6.45, 7) is 16.1. The number of carbonyl (C=O) groups excluding carboxylic acids is 1. The van der Waals surface area contributed by atoms with Gasteiger partial charge in [-0.15, -0.1) is 17.9 Å². The quantitative estimate of drug-likeness (QED) is 0.405. The fourth-order valence-electron chi connectivity index (χ4n) is 3.08. The van der Waals surface area contributed by atoms with Crippen LogP contribution in [0.2, 0.25) is 0 Å². The summed E-state index contributed by atoms with van der Waals surface area (Å²) in [5.74, 6) is 0.312. The molecule has 0 saturated heterocycles. The second-order valence-corrected chi connectivity index (χ2v) is 8.99. The maximum atomic E-state index is 12.9. The number of nitrogens with zero attached hydrogens (tertiary/aromatic N) is 3. The molecule has 0 N–H and O–H groups in total. The molecule has 7 heteroatoms. The fraction of sp³-hybridized carbons (Fsp3) is 0.526. The topological polar surface area (TPSA) is 55.2 Å². The molecule has 1 amide bonds. The van der Waals surface area contributed by atoms with Gasteiger partial charge in [-0.25, -0.2) is 4.98 Å². The Kier molecular flexibility index (Phi) is 6.69. The van der Waals surface area contributed by atoms with Gasteiger partial charge in [-0.1, -0.05) is 17.8 Å². The van der Waals surface area contributed by atoms with E-state index in [0.29, 0.717) is 17.1 Å². The molecule has 0 saturated carbocycles. The first-order chi connectivity index (χ1) is 12.2. The molecule has 0 fully saturated rings. The van der Waals surface area contributed by atoms with Gasteiger partial charge in [0, 0.05) is 23.5 Å². The third-order valence-electron chi connectivity index (χ3n) is 4.29. The van der Waals surface area contributed by atoms with Crippen molar-refractivity contribution >= 4 is 39.2 Å². The van der Waals surface area contributed by atoms with E-state index in [1.54, 1.807) is 10.6 Å². The number of thiophene rings is 1. The van der Waals surface area contributed by atoms with Gasteiger partial charge in [-0.3, -0.25) is 14.2 Å². The van der Waals surface area contributed by atoms with Crippen molar-refractivity contribution in [2.75, 3.05) is 5.75 Å². The Morgan fingerprint density at radius 2 is 1.92 bits per heavy atom. The van der Waals surface area contributed by atoms with Gasteiger partial charge in [0.1, 0.15) is 4.83 Å². The first-order valence-electron chi connectivity index (χ1n) is 8.74. The number of aromatic nitrogens is 2. The summed E-state index contributed by atoms with van der Waals surface area (Å²) in [5.41, 5.74) is 0.926. The molecule has 0 bridgehead atoms. The molecule has 0 unspecified atom stereocenters. The first-order valence-corrected chi connectivity index (χ1v) is 10.5. The van der Waals surface area contributed by atoms with E-state index in [2.05, 4.69) is 11.6 Å². The molecule has 142 valence electrons. The normalized spacial score (nSPS) is 11.5. The molecule has 2 aromatic rings. The van der Waals surface area contributed by atoms with Crippen molar-refractivity contribution < 1.29 is 4.79 Å². The highest BCUT2D eigenvalue weighted by Crippen LogP contribution is 2.28. The number of amides is 1. The van der Waals surface area contributed by atoms with Gasteiger partial charge in [-0.05, 0) is 47.1 Å². The highest BCUT2D eigenvalue weighted by Gasteiger charge is 2.22. The van der Waals surface area contributed by atoms with Gasteiger partial charge in [0.25, 0.3) is 5.56 Å². The highest BCUT2D eigenvalue weighted by atomic mass is 32.2. The Morgan fingerprint density at radius 1 is 1.31 bits per heavy atom. The Morgan fingerprint density at radius 3 is 2.46 bits per heavy atom. The van der Waals surface area contributed by atoms with E-state index in [0.717, 1.165) is 15.3 Å². The Labute approximate surface area is 163 Å². The molecule has 0 spiro atoms. The molecule has 0 radical (unpaired) electrons. The average Bonchev–Trinajstić information content (AvgIpc) is 2.82. The SMILES string of the molecule is C=CCn1c(SCC(=O)N(C(C)C)C(C)C)nc2sc(C)c(C)c2c1=O. The lowest BCUT2D eigenvalue weighted by Gasteiger charge is -2.30. The monoisotopic (exact) mass is 393 g/mol. The summed E-state index contributed by atoms with van der Waals surface area (Å²) in [5, 5.41) is 1.25. The van der Waals surface area contributed by atoms with Crippen LogP contribution in [0.5, 0.6) is 0 Å². The Balaban J connectivity index is 2.40. The van der Waals surface area contributed by atoms with Crippen molar-refractivity contribution in [1.82, 2.24) is 14.5 Å². The van der Waals surface area contributed by atoms with Crippen LogP contribution < -0.4 is 5.56 Å². The van der Waals surface area contributed by atoms with Gasteiger partial charge in [0.15, 0.2) is 5.16 Å². The summed E-state index contributed by atoms with van der Waals surface area (Å²) in [6, 6.07) is 0.271. The lowest BCUT2D eigenvalue weighted by atomic mass is 10.2. The number of fused-ring (bicyclic) bond motifs is 1. The smallest absolute Gasteiger partial charge is 0.263 e. The van der Waals surface area contributed by atoms with E-state index in [1.807, 2.05) is 46.4 Å². The van der Waals surface area contributed by atoms with Crippen LogP contribution >= 0.6 is 23.1 Å². The molecule has 0 aliphatic heterocycles. The van der Waals surface area contributed by atoms with Crippen LogP contribution in [0.4, 0.5) is 0 Å². The van der Waals surface area contributed by atoms with Gasteiger partial charge < -0.3 is 4.90 Å². The van der Waals surface area contributed by atoms with E-state index in [9.17, 15) is 9.59 Å². The minimum absolute atomic E-state index is 0.0537. The van der Waals surface area contributed by atoms with Crippen molar-refractivity contribution in [2.45, 2.75) is 65.3 Å². The van der Waals surface area contributed by atoms with Crippen molar-refractivity contribution in [3.8, 4) is 0 Å². The number of rotatable bonds is 7. The van der Waals surface area contributed by atoms with Crippen molar-refractivity contribution in [3.05, 3.63) is 33.4 Å².